The van der Waals surface area contributed by atoms with Crippen LogP contribution in [0.3, 0.4) is 0 Å². The van der Waals surface area contributed by atoms with Crippen LogP contribution in [0.4, 0.5) is 0 Å². The van der Waals surface area contributed by atoms with Crippen molar-refractivity contribution in [3.63, 3.8) is 0 Å². The zero-order chi connectivity index (χ0) is 29.0. The number of hydrogen-bond donors (Lipinski definition) is 0. The Morgan fingerprint density at radius 2 is 0.975 bits per heavy atom. The highest BCUT2D eigenvalue weighted by Crippen LogP contribution is 2.35. The van der Waals surface area contributed by atoms with E-state index in [9.17, 15) is 0 Å². The van der Waals surface area contributed by atoms with Crippen molar-refractivity contribution in [1.29, 1.82) is 0 Å². The highest BCUT2D eigenvalue weighted by atomic mass is 16.4. The largest absolute Gasteiger partial charge is 0.436 e. The van der Waals surface area contributed by atoms with Gasteiger partial charge in [-0.05, 0) is 85.0 Å². The molecule has 0 aliphatic rings. The molecule has 0 saturated heterocycles. The van der Waals surface area contributed by atoms with Gasteiger partial charge in [0.05, 0.1) is 0 Å². The van der Waals surface area contributed by atoms with E-state index in [0.717, 1.165) is 68.4 Å². The summed E-state index contributed by atoms with van der Waals surface area (Å²) >= 11 is 0. The number of oxazole rings is 2. The van der Waals surface area contributed by atoms with Crippen LogP contribution < -0.4 is 0 Å². The summed E-state index contributed by atoms with van der Waals surface area (Å²) in [5.74, 6) is 1.21. The Labute approximate surface area is 237 Å². The SMILES string of the molecule is C=C(C)Cc1cc(C(C)(C)C)cc2nc(-c3ccc(-c4nc5cc(C(C)(C)C)cc(CC(=C)C)c5o4)cc3)oc12. The molecule has 2 aromatic heterocycles. The minimum absolute atomic E-state index is 0.0102. The Morgan fingerprint density at radius 1 is 0.625 bits per heavy atom. The highest BCUT2D eigenvalue weighted by molar-refractivity contribution is 5.83. The Morgan fingerprint density at radius 3 is 1.27 bits per heavy atom. The third-order valence-corrected chi connectivity index (χ3v) is 7.23. The van der Waals surface area contributed by atoms with Gasteiger partial charge in [0.25, 0.3) is 0 Å². The van der Waals surface area contributed by atoms with Crippen molar-refractivity contribution in [2.45, 2.75) is 79.1 Å². The molecule has 0 aliphatic heterocycles. The van der Waals surface area contributed by atoms with Crippen LogP contribution in [0.2, 0.25) is 0 Å². The standard InChI is InChI=1S/C36H40N2O2/c1-21(2)15-25-17-27(35(5,6)7)19-29-31(25)39-33(37-29)23-11-13-24(14-12-23)34-38-30-20-28(36(8,9)10)18-26(16-22(3)4)32(30)40-34/h11-14,17-20H,1,3,15-16H2,2,4-10H3. The van der Waals surface area contributed by atoms with Crippen molar-refractivity contribution in [1.82, 2.24) is 9.97 Å². The summed E-state index contributed by atoms with van der Waals surface area (Å²) in [6, 6.07) is 16.8. The fraction of sp³-hybridized carbons (Fsp3) is 0.333. The molecule has 0 aliphatic carbocycles. The van der Waals surface area contributed by atoms with Gasteiger partial charge in [0, 0.05) is 22.3 Å². The molecule has 0 N–H and O–H groups in total. The number of hydrogen-bond acceptors (Lipinski definition) is 4. The first-order chi connectivity index (χ1) is 18.7. The smallest absolute Gasteiger partial charge is 0.227 e. The predicted octanol–water partition coefficient (Wildman–Crippen LogP) is 10.1. The molecule has 40 heavy (non-hydrogen) atoms. The van der Waals surface area contributed by atoms with Crippen molar-refractivity contribution < 1.29 is 8.83 Å². The predicted molar refractivity (Wildman–Crippen MR) is 167 cm³/mol. The van der Waals surface area contributed by atoms with Crippen molar-refractivity contribution >= 4 is 22.2 Å². The Hall–Kier alpha value is -3.92. The molecule has 0 atom stereocenters. The van der Waals surface area contributed by atoms with Gasteiger partial charge < -0.3 is 8.83 Å². The third-order valence-electron chi connectivity index (χ3n) is 7.23. The van der Waals surface area contributed by atoms with E-state index in [1.165, 1.54) is 11.1 Å². The topological polar surface area (TPSA) is 52.1 Å². The molecular formula is C36H40N2O2. The minimum Gasteiger partial charge on any atom is -0.436 e. The van der Waals surface area contributed by atoms with Gasteiger partial charge in [0.1, 0.15) is 11.0 Å². The molecule has 0 saturated carbocycles. The van der Waals surface area contributed by atoms with E-state index in [-0.39, 0.29) is 10.8 Å². The Bertz CT molecular complexity index is 1620. The summed E-state index contributed by atoms with van der Waals surface area (Å²) in [6.45, 7) is 25.6. The van der Waals surface area contributed by atoms with Crippen LogP contribution in [0.15, 0.2) is 81.7 Å². The molecule has 4 heteroatoms. The van der Waals surface area contributed by atoms with Crippen LogP contribution in [0.25, 0.3) is 45.1 Å². The van der Waals surface area contributed by atoms with Crippen LogP contribution in [0.1, 0.15) is 77.6 Å². The molecular weight excluding hydrogens is 492 g/mol. The third kappa shape index (κ3) is 5.54. The molecule has 0 fully saturated rings. The normalized spacial score (nSPS) is 12.4. The minimum atomic E-state index is 0.0102. The van der Waals surface area contributed by atoms with Crippen LogP contribution >= 0.6 is 0 Å². The molecule has 5 rings (SSSR count). The van der Waals surface area contributed by atoms with Gasteiger partial charge in [-0.2, -0.15) is 0 Å². The quantitative estimate of drug-likeness (QED) is 0.204. The summed E-state index contributed by atoms with van der Waals surface area (Å²) < 4.78 is 12.7. The molecule has 5 aromatic rings. The second-order valence-electron chi connectivity index (χ2n) is 13.4. The van der Waals surface area contributed by atoms with Crippen LogP contribution in [0, 0.1) is 0 Å². The molecule has 0 unspecified atom stereocenters. The lowest BCUT2D eigenvalue weighted by Crippen LogP contribution is -2.11. The van der Waals surface area contributed by atoms with E-state index >= 15 is 0 Å². The van der Waals surface area contributed by atoms with Gasteiger partial charge in [-0.25, -0.2) is 9.97 Å². The van der Waals surface area contributed by atoms with E-state index in [2.05, 4.69) is 79.0 Å². The number of rotatable bonds is 6. The number of benzene rings is 3. The van der Waals surface area contributed by atoms with Gasteiger partial charge in [0.15, 0.2) is 11.2 Å². The zero-order valence-electron chi connectivity index (χ0n) is 25.2. The maximum Gasteiger partial charge on any atom is 0.227 e. The first-order valence-corrected chi connectivity index (χ1v) is 14.0. The van der Waals surface area contributed by atoms with Gasteiger partial charge >= 0.3 is 0 Å². The monoisotopic (exact) mass is 532 g/mol. The van der Waals surface area contributed by atoms with E-state index < -0.39 is 0 Å². The van der Waals surface area contributed by atoms with Crippen molar-refractivity contribution in [2.24, 2.45) is 0 Å². The summed E-state index contributed by atoms with van der Waals surface area (Å²) in [7, 11) is 0. The van der Waals surface area contributed by atoms with Crippen LogP contribution in [-0.4, -0.2) is 9.97 Å². The van der Waals surface area contributed by atoms with Gasteiger partial charge in [-0.3, -0.25) is 0 Å². The van der Waals surface area contributed by atoms with Gasteiger partial charge in [-0.15, -0.1) is 0 Å². The molecule has 0 radical (unpaired) electrons. The molecule has 0 spiro atoms. The van der Waals surface area contributed by atoms with Crippen molar-refractivity contribution in [2.75, 3.05) is 0 Å². The Balaban J connectivity index is 1.54. The maximum atomic E-state index is 6.35. The average molecular weight is 533 g/mol. The number of fused-ring (bicyclic) bond motifs is 2. The van der Waals surface area contributed by atoms with Crippen molar-refractivity contribution in [3.8, 4) is 22.9 Å². The molecule has 3 aromatic carbocycles. The Kier molecular flexibility index (Phi) is 6.86. The first-order valence-electron chi connectivity index (χ1n) is 14.0. The fourth-order valence-electron chi connectivity index (χ4n) is 4.99. The summed E-state index contributed by atoms with van der Waals surface area (Å²) in [5, 5.41) is 0. The van der Waals surface area contributed by atoms with E-state index in [4.69, 9.17) is 18.8 Å². The lowest BCUT2D eigenvalue weighted by molar-refractivity contribution is 0.588. The lowest BCUT2D eigenvalue weighted by Gasteiger charge is -2.20. The number of aromatic nitrogens is 2. The first kappa shape index (κ1) is 27.6. The zero-order valence-corrected chi connectivity index (χ0v) is 25.2. The molecule has 0 bridgehead atoms. The molecule has 4 nitrogen and oxygen atoms in total. The van der Waals surface area contributed by atoms with E-state index in [1.807, 2.05) is 38.1 Å². The number of allylic oxidation sites excluding steroid dienone is 2. The van der Waals surface area contributed by atoms with E-state index in [1.54, 1.807) is 0 Å². The second-order valence-corrected chi connectivity index (χ2v) is 13.4. The number of nitrogens with zero attached hydrogens (tertiary/aromatic N) is 2. The lowest BCUT2D eigenvalue weighted by atomic mass is 9.85. The van der Waals surface area contributed by atoms with Gasteiger partial charge in [0.2, 0.25) is 11.8 Å². The maximum absolute atomic E-state index is 6.35. The fourth-order valence-corrected chi connectivity index (χ4v) is 4.99. The van der Waals surface area contributed by atoms with Crippen LogP contribution in [0.5, 0.6) is 0 Å². The van der Waals surface area contributed by atoms with E-state index in [0.29, 0.717) is 11.8 Å². The average Bonchev–Trinajstić information content (AvgIpc) is 3.47. The van der Waals surface area contributed by atoms with Gasteiger partial charge in [-0.1, -0.05) is 78.0 Å². The molecule has 206 valence electrons. The molecule has 0 amide bonds. The summed E-state index contributed by atoms with van der Waals surface area (Å²) in [6.07, 6.45) is 1.52. The second kappa shape index (κ2) is 9.92. The van der Waals surface area contributed by atoms with Crippen LogP contribution in [-0.2, 0) is 23.7 Å². The van der Waals surface area contributed by atoms with Crippen molar-refractivity contribution in [3.05, 3.63) is 95.1 Å². The molecule has 2 heterocycles. The summed E-state index contributed by atoms with van der Waals surface area (Å²) in [4.78, 5) is 9.78. The summed E-state index contributed by atoms with van der Waals surface area (Å²) in [5.41, 5.74) is 12.2. The highest BCUT2D eigenvalue weighted by Gasteiger charge is 2.22.